The maximum Gasteiger partial charge on any atom is 0.414 e. The Bertz CT molecular complexity index is 553. The Morgan fingerprint density at radius 3 is 2.32 bits per heavy atom. The summed E-state index contributed by atoms with van der Waals surface area (Å²) in [5, 5.41) is 0. The third-order valence-electron chi connectivity index (χ3n) is 3.25. The number of nitrogens with zero attached hydrogens (tertiary/aromatic N) is 1. The molecule has 3 heteroatoms. The molecule has 1 heterocycles. The molecule has 2 aromatic rings. The molecule has 19 heavy (non-hydrogen) atoms. The van der Waals surface area contributed by atoms with Crippen LogP contribution in [0.3, 0.4) is 0 Å². The van der Waals surface area contributed by atoms with E-state index in [-0.39, 0.29) is 12.2 Å². The van der Waals surface area contributed by atoms with Gasteiger partial charge in [-0.3, -0.25) is 4.90 Å². The van der Waals surface area contributed by atoms with E-state index in [1.165, 1.54) is 5.56 Å². The van der Waals surface area contributed by atoms with Gasteiger partial charge in [0.05, 0.1) is 6.54 Å². The summed E-state index contributed by atoms with van der Waals surface area (Å²) >= 11 is 0. The molecule has 1 unspecified atom stereocenters. The van der Waals surface area contributed by atoms with Gasteiger partial charge < -0.3 is 4.74 Å². The Morgan fingerprint density at radius 1 is 1.00 bits per heavy atom. The van der Waals surface area contributed by atoms with Gasteiger partial charge in [0.2, 0.25) is 0 Å². The summed E-state index contributed by atoms with van der Waals surface area (Å²) in [6, 6.07) is 19.7. The van der Waals surface area contributed by atoms with Crippen molar-refractivity contribution in [1.29, 1.82) is 0 Å². The van der Waals surface area contributed by atoms with E-state index in [0.29, 0.717) is 6.54 Å². The molecule has 1 fully saturated rings. The molecule has 1 amide bonds. The Balaban J connectivity index is 1.70. The van der Waals surface area contributed by atoms with Gasteiger partial charge in [-0.1, -0.05) is 48.5 Å². The molecule has 1 atom stereocenters. The van der Waals surface area contributed by atoms with Gasteiger partial charge in [-0.2, -0.15) is 0 Å². The van der Waals surface area contributed by atoms with Crippen LogP contribution in [0.25, 0.3) is 0 Å². The topological polar surface area (TPSA) is 29.5 Å². The summed E-state index contributed by atoms with van der Waals surface area (Å²) < 4.78 is 5.42. The summed E-state index contributed by atoms with van der Waals surface area (Å²) in [5.74, 6) is 0. The smallest absolute Gasteiger partial charge is 0.414 e. The van der Waals surface area contributed by atoms with Gasteiger partial charge in [-0.15, -0.1) is 0 Å². The number of para-hydroxylation sites is 1. The Kier molecular flexibility index (Phi) is 3.19. The number of rotatable bonds is 3. The molecular weight excluding hydrogens is 238 g/mol. The van der Waals surface area contributed by atoms with Crippen LogP contribution in [0.2, 0.25) is 0 Å². The fourth-order valence-electron chi connectivity index (χ4n) is 2.32. The van der Waals surface area contributed by atoms with E-state index in [1.54, 1.807) is 4.90 Å². The summed E-state index contributed by atoms with van der Waals surface area (Å²) in [7, 11) is 0. The van der Waals surface area contributed by atoms with Gasteiger partial charge >= 0.3 is 6.09 Å². The van der Waals surface area contributed by atoms with E-state index in [9.17, 15) is 4.79 Å². The molecule has 0 aromatic heterocycles. The first-order valence-electron chi connectivity index (χ1n) is 6.40. The van der Waals surface area contributed by atoms with Gasteiger partial charge in [0.25, 0.3) is 0 Å². The monoisotopic (exact) mass is 253 g/mol. The van der Waals surface area contributed by atoms with Crippen LogP contribution in [0.5, 0.6) is 0 Å². The number of carbonyl (C=O) groups excluding carboxylic acids is 1. The molecule has 1 saturated heterocycles. The molecule has 3 nitrogen and oxygen atoms in total. The number of cyclic esters (lactones) is 1. The second-order valence-corrected chi connectivity index (χ2v) is 4.64. The van der Waals surface area contributed by atoms with E-state index in [2.05, 4.69) is 12.1 Å². The summed E-state index contributed by atoms with van der Waals surface area (Å²) in [4.78, 5) is 13.6. The molecule has 96 valence electrons. The average molecular weight is 253 g/mol. The molecule has 0 bridgehead atoms. The number of hydrogen-bond donors (Lipinski definition) is 0. The predicted molar refractivity (Wildman–Crippen MR) is 74.2 cm³/mol. The Morgan fingerprint density at radius 2 is 1.63 bits per heavy atom. The molecule has 3 rings (SSSR count). The van der Waals surface area contributed by atoms with E-state index in [4.69, 9.17) is 4.74 Å². The van der Waals surface area contributed by atoms with E-state index in [1.807, 2.05) is 48.5 Å². The first-order valence-corrected chi connectivity index (χ1v) is 6.40. The number of hydrogen-bond acceptors (Lipinski definition) is 2. The maximum atomic E-state index is 11.9. The van der Waals surface area contributed by atoms with Crippen LogP contribution in [0.4, 0.5) is 10.5 Å². The van der Waals surface area contributed by atoms with Crippen molar-refractivity contribution in [2.24, 2.45) is 0 Å². The number of carbonyl (C=O) groups is 1. The molecule has 1 aliphatic rings. The normalized spacial score (nSPS) is 18.4. The summed E-state index contributed by atoms with van der Waals surface area (Å²) in [6.45, 7) is 0.609. The standard InChI is InChI=1S/C16H15NO2/c18-16-17(14-9-5-2-6-10-14)12-15(19-16)11-13-7-3-1-4-8-13/h1-10,15H,11-12H2. The van der Waals surface area contributed by atoms with E-state index in [0.717, 1.165) is 12.1 Å². The van der Waals surface area contributed by atoms with Gasteiger partial charge in [-0.25, -0.2) is 4.79 Å². The lowest BCUT2D eigenvalue weighted by Crippen LogP contribution is -2.24. The average Bonchev–Trinajstić information content (AvgIpc) is 2.82. The second kappa shape index (κ2) is 5.14. The molecule has 0 radical (unpaired) electrons. The van der Waals surface area contributed by atoms with Crippen LogP contribution in [-0.4, -0.2) is 18.7 Å². The van der Waals surface area contributed by atoms with Crippen LogP contribution in [0.15, 0.2) is 60.7 Å². The molecule has 0 spiro atoms. The van der Waals surface area contributed by atoms with Crippen LogP contribution >= 0.6 is 0 Å². The molecule has 2 aromatic carbocycles. The molecule has 0 saturated carbocycles. The zero-order valence-corrected chi connectivity index (χ0v) is 10.5. The van der Waals surface area contributed by atoms with Crippen molar-refractivity contribution < 1.29 is 9.53 Å². The minimum Gasteiger partial charge on any atom is -0.444 e. The van der Waals surface area contributed by atoms with Gasteiger partial charge in [-0.05, 0) is 17.7 Å². The van der Waals surface area contributed by atoms with Crippen molar-refractivity contribution in [1.82, 2.24) is 0 Å². The minimum absolute atomic E-state index is 0.0740. The molecule has 0 aliphatic carbocycles. The highest BCUT2D eigenvalue weighted by Crippen LogP contribution is 2.22. The molecule has 1 aliphatic heterocycles. The second-order valence-electron chi connectivity index (χ2n) is 4.64. The number of amides is 1. The summed E-state index contributed by atoms with van der Waals surface area (Å²) in [6.07, 6.45) is 0.429. The van der Waals surface area contributed by atoms with Crippen molar-refractivity contribution in [3.05, 3.63) is 66.2 Å². The first kappa shape index (κ1) is 11.8. The Hall–Kier alpha value is -2.29. The lowest BCUT2D eigenvalue weighted by molar-refractivity contribution is 0.141. The third-order valence-corrected chi connectivity index (χ3v) is 3.25. The highest BCUT2D eigenvalue weighted by Gasteiger charge is 2.32. The number of benzene rings is 2. The van der Waals surface area contributed by atoms with Gasteiger partial charge in [0, 0.05) is 12.1 Å². The predicted octanol–water partition coefficient (Wildman–Crippen LogP) is 3.25. The highest BCUT2D eigenvalue weighted by atomic mass is 16.6. The molecular formula is C16H15NO2. The Labute approximate surface area is 112 Å². The largest absolute Gasteiger partial charge is 0.444 e. The van der Waals surface area contributed by atoms with E-state index < -0.39 is 0 Å². The van der Waals surface area contributed by atoms with Crippen molar-refractivity contribution in [3.8, 4) is 0 Å². The zero-order valence-electron chi connectivity index (χ0n) is 10.5. The van der Waals surface area contributed by atoms with Crippen molar-refractivity contribution >= 4 is 11.8 Å². The minimum atomic E-state index is -0.257. The third kappa shape index (κ3) is 2.60. The van der Waals surface area contributed by atoms with Crippen LogP contribution in [0.1, 0.15) is 5.56 Å². The van der Waals surface area contributed by atoms with Gasteiger partial charge in [0.15, 0.2) is 0 Å². The quantitative estimate of drug-likeness (QED) is 0.840. The lowest BCUT2D eigenvalue weighted by Gasteiger charge is -2.12. The highest BCUT2D eigenvalue weighted by molar-refractivity contribution is 5.89. The van der Waals surface area contributed by atoms with Crippen molar-refractivity contribution in [3.63, 3.8) is 0 Å². The SMILES string of the molecule is O=C1OC(Cc2ccccc2)CN1c1ccccc1. The molecule has 0 N–H and O–H groups in total. The van der Waals surface area contributed by atoms with Crippen LogP contribution < -0.4 is 4.90 Å². The lowest BCUT2D eigenvalue weighted by atomic mass is 10.1. The van der Waals surface area contributed by atoms with Crippen LogP contribution in [0, 0.1) is 0 Å². The van der Waals surface area contributed by atoms with Crippen molar-refractivity contribution in [2.45, 2.75) is 12.5 Å². The number of ether oxygens (including phenoxy) is 1. The van der Waals surface area contributed by atoms with Gasteiger partial charge in [0.1, 0.15) is 6.10 Å². The zero-order chi connectivity index (χ0) is 13.1. The van der Waals surface area contributed by atoms with Crippen molar-refractivity contribution in [2.75, 3.05) is 11.4 Å². The van der Waals surface area contributed by atoms with Crippen LogP contribution in [-0.2, 0) is 11.2 Å². The number of anilines is 1. The van der Waals surface area contributed by atoms with E-state index >= 15 is 0 Å². The summed E-state index contributed by atoms with van der Waals surface area (Å²) in [5.41, 5.74) is 2.08. The fourth-order valence-corrected chi connectivity index (χ4v) is 2.32. The first-order chi connectivity index (χ1) is 9.33. The maximum absolute atomic E-state index is 11.9. The fraction of sp³-hybridized carbons (Fsp3) is 0.188.